The maximum absolute atomic E-state index is 12.1. The zero-order valence-corrected chi connectivity index (χ0v) is 15.3. The number of hydrogen-bond donors (Lipinski definition) is 0. The molecule has 0 spiro atoms. The molecule has 2 unspecified atom stereocenters. The van der Waals surface area contributed by atoms with Crippen LogP contribution in [-0.2, 0) is 4.84 Å². The van der Waals surface area contributed by atoms with E-state index >= 15 is 0 Å². The Kier molecular flexibility index (Phi) is 5.30. The maximum Gasteiger partial charge on any atom is 0.368 e. The number of carbonyl (C=O) groups is 1. The number of hydrogen-bond acceptors (Lipinski definition) is 4. The van der Waals surface area contributed by atoms with Crippen molar-refractivity contribution in [3.63, 3.8) is 0 Å². The summed E-state index contributed by atoms with van der Waals surface area (Å²) in [4.78, 5) is 17.2. The van der Waals surface area contributed by atoms with Gasteiger partial charge >= 0.3 is 5.97 Å². The monoisotopic (exact) mass is 377 g/mol. The second-order valence-corrected chi connectivity index (χ2v) is 6.74. The number of rotatable bonds is 5. The normalized spacial score (nSPS) is 19.4. The minimum atomic E-state index is -0.656. The van der Waals surface area contributed by atoms with Crippen LogP contribution in [-0.4, -0.2) is 18.8 Å². The van der Waals surface area contributed by atoms with Crippen molar-refractivity contribution in [1.29, 1.82) is 0 Å². The molecule has 2 aromatic carbocycles. The highest BCUT2D eigenvalue weighted by Gasteiger charge is 2.41. The van der Waals surface area contributed by atoms with Crippen LogP contribution in [0.1, 0.15) is 35.2 Å². The minimum absolute atomic E-state index is 0.130. The maximum atomic E-state index is 12.1. The van der Waals surface area contributed by atoms with Crippen molar-refractivity contribution in [3.8, 4) is 5.75 Å². The summed E-state index contributed by atoms with van der Waals surface area (Å²) in [6.45, 7) is 1.86. The molecule has 0 radical (unpaired) electrons. The highest BCUT2D eigenvalue weighted by molar-refractivity contribution is 6.39. The smallest absolute Gasteiger partial charge is 0.368 e. The van der Waals surface area contributed by atoms with Gasteiger partial charge in [0.25, 0.3) is 0 Å². The molecule has 1 saturated carbocycles. The van der Waals surface area contributed by atoms with E-state index in [2.05, 4.69) is 5.16 Å². The van der Waals surface area contributed by atoms with Gasteiger partial charge in [0.15, 0.2) is 0 Å². The molecule has 1 aliphatic carbocycles. The SMILES string of the molecule is COc1ccc(C2CC2/C(C)=N/OC(=O)c2c(Cl)cccc2Cl)cc1. The largest absolute Gasteiger partial charge is 0.497 e. The summed E-state index contributed by atoms with van der Waals surface area (Å²) in [6, 6.07) is 12.8. The zero-order valence-electron chi connectivity index (χ0n) is 13.8. The first kappa shape index (κ1) is 17.8. The molecule has 2 atom stereocenters. The van der Waals surface area contributed by atoms with Gasteiger partial charge in [-0.2, -0.15) is 0 Å². The number of oxime groups is 1. The van der Waals surface area contributed by atoms with Gasteiger partial charge in [-0.1, -0.05) is 46.6 Å². The van der Waals surface area contributed by atoms with Crippen LogP contribution < -0.4 is 4.74 Å². The first-order valence-corrected chi connectivity index (χ1v) is 8.60. The van der Waals surface area contributed by atoms with E-state index in [-0.39, 0.29) is 21.5 Å². The molecule has 0 aliphatic heterocycles. The van der Waals surface area contributed by atoms with E-state index in [0.717, 1.165) is 17.9 Å². The summed E-state index contributed by atoms with van der Waals surface area (Å²) >= 11 is 12.0. The molecule has 4 nitrogen and oxygen atoms in total. The fourth-order valence-electron chi connectivity index (χ4n) is 2.80. The van der Waals surface area contributed by atoms with Gasteiger partial charge in [0.1, 0.15) is 5.75 Å². The molecule has 2 aromatic rings. The Morgan fingerprint density at radius 3 is 2.36 bits per heavy atom. The lowest BCUT2D eigenvalue weighted by molar-refractivity contribution is 0.0515. The number of carbonyl (C=O) groups excluding carboxylic acids is 1. The van der Waals surface area contributed by atoms with Crippen molar-refractivity contribution >= 4 is 34.9 Å². The number of ether oxygens (including phenoxy) is 1. The molecular weight excluding hydrogens is 361 g/mol. The summed E-state index contributed by atoms with van der Waals surface area (Å²) in [6.07, 6.45) is 0.978. The van der Waals surface area contributed by atoms with Crippen LogP contribution >= 0.6 is 23.2 Å². The van der Waals surface area contributed by atoms with Crippen molar-refractivity contribution in [1.82, 2.24) is 0 Å². The Morgan fingerprint density at radius 2 is 1.76 bits per heavy atom. The van der Waals surface area contributed by atoms with Crippen molar-refractivity contribution < 1.29 is 14.4 Å². The van der Waals surface area contributed by atoms with Gasteiger partial charge < -0.3 is 9.57 Å². The van der Waals surface area contributed by atoms with Gasteiger partial charge in [0, 0.05) is 5.92 Å². The van der Waals surface area contributed by atoms with E-state index in [4.69, 9.17) is 32.8 Å². The third-order valence-corrected chi connectivity index (χ3v) is 4.94. The van der Waals surface area contributed by atoms with Crippen LogP contribution in [0.4, 0.5) is 0 Å². The van der Waals surface area contributed by atoms with Crippen molar-refractivity contribution in [2.45, 2.75) is 19.3 Å². The number of benzene rings is 2. The predicted octanol–water partition coefficient (Wildman–Crippen LogP) is 5.34. The second kappa shape index (κ2) is 7.46. The van der Waals surface area contributed by atoms with Gasteiger partial charge in [0.2, 0.25) is 0 Å². The first-order chi connectivity index (χ1) is 12.0. The topological polar surface area (TPSA) is 47.9 Å². The molecule has 130 valence electrons. The van der Waals surface area contributed by atoms with E-state index in [1.165, 1.54) is 5.56 Å². The van der Waals surface area contributed by atoms with Gasteiger partial charge in [-0.3, -0.25) is 0 Å². The summed E-state index contributed by atoms with van der Waals surface area (Å²) in [7, 11) is 1.64. The predicted molar refractivity (Wildman–Crippen MR) is 98.8 cm³/mol. The fourth-order valence-corrected chi connectivity index (χ4v) is 3.35. The van der Waals surface area contributed by atoms with Crippen LogP contribution in [0.2, 0.25) is 10.0 Å². The molecule has 1 aliphatic rings. The van der Waals surface area contributed by atoms with E-state index in [1.807, 2.05) is 31.2 Å². The molecule has 0 N–H and O–H groups in total. The molecule has 0 bridgehead atoms. The van der Waals surface area contributed by atoms with Gasteiger partial charge in [-0.15, -0.1) is 0 Å². The summed E-state index contributed by atoms with van der Waals surface area (Å²) in [5.74, 6) is 0.827. The molecular formula is C19H17Cl2NO3. The molecule has 0 amide bonds. The number of halogens is 2. The number of methoxy groups -OCH3 is 1. The average Bonchev–Trinajstić information content (AvgIpc) is 3.40. The Bertz CT molecular complexity index is 798. The van der Waals surface area contributed by atoms with E-state index in [1.54, 1.807) is 25.3 Å². The minimum Gasteiger partial charge on any atom is -0.497 e. The number of nitrogens with zero attached hydrogens (tertiary/aromatic N) is 1. The average molecular weight is 378 g/mol. The van der Waals surface area contributed by atoms with Gasteiger partial charge in [-0.25, -0.2) is 4.79 Å². The second-order valence-electron chi connectivity index (χ2n) is 5.93. The third kappa shape index (κ3) is 3.97. The van der Waals surface area contributed by atoms with Crippen molar-refractivity contribution in [2.75, 3.05) is 7.11 Å². The van der Waals surface area contributed by atoms with Gasteiger partial charge in [-0.05, 0) is 49.1 Å². The van der Waals surface area contributed by atoms with Crippen molar-refractivity contribution in [2.24, 2.45) is 11.1 Å². The van der Waals surface area contributed by atoms with Gasteiger partial charge in [0.05, 0.1) is 28.4 Å². The molecule has 0 saturated heterocycles. The summed E-state index contributed by atoms with van der Waals surface area (Å²) < 4.78 is 5.17. The molecule has 0 aromatic heterocycles. The van der Waals surface area contributed by atoms with E-state index in [0.29, 0.717) is 5.92 Å². The van der Waals surface area contributed by atoms with E-state index < -0.39 is 5.97 Å². The molecule has 1 fully saturated rings. The lowest BCUT2D eigenvalue weighted by Crippen LogP contribution is -2.06. The summed E-state index contributed by atoms with van der Waals surface area (Å²) in [5.41, 5.74) is 2.13. The third-order valence-electron chi connectivity index (χ3n) is 4.31. The molecule has 3 rings (SSSR count). The Morgan fingerprint density at radius 1 is 1.12 bits per heavy atom. The summed E-state index contributed by atoms with van der Waals surface area (Å²) in [5, 5.41) is 4.47. The van der Waals surface area contributed by atoms with Crippen LogP contribution in [0, 0.1) is 5.92 Å². The first-order valence-electron chi connectivity index (χ1n) is 7.85. The van der Waals surface area contributed by atoms with Crippen LogP contribution in [0.25, 0.3) is 0 Å². The lowest BCUT2D eigenvalue weighted by Gasteiger charge is -2.05. The molecule has 0 heterocycles. The zero-order chi connectivity index (χ0) is 18.0. The molecule has 6 heteroatoms. The van der Waals surface area contributed by atoms with Crippen LogP contribution in [0.15, 0.2) is 47.6 Å². The quantitative estimate of drug-likeness (QED) is 0.401. The fraction of sp³-hybridized carbons (Fsp3) is 0.263. The van der Waals surface area contributed by atoms with E-state index in [9.17, 15) is 4.79 Å². The Balaban J connectivity index is 1.64. The lowest BCUT2D eigenvalue weighted by atomic mass is 10.1. The molecule has 25 heavy (non-hydrogen) atoms. The Hall–Kier alpha value is -2.04. The highest BCUT2D eigenvalue weighted by Crippen LogP contribution is 2.48. The van der Waals surface area contributed by atoms with Crippen LogP contribution in [0.3, 0.4) is 0 Å². The standard InChI is InChI=1S/C19H17Cl2NO3/c1-11(14-10-15(14)12-6-8-13(24-2)9-7-12)22-25-19(23)18-16(20)4-3-5-17(18)21/h3-9,14-15H,10H2,1-2H3/b22-11+. The Labute approximate surface area is 156 Å². The van der Waals surface area contributed by atoms with Crippen molar-refractivity contribution in [3.05, 3.63) is 63.6 Å². The highest BCUT2D eigenvalue weighted by atomic mass is 35.5. The van der Waals surface area contributed by atoms with Crippen LogP contribution in [0.5, 0.6) is 5.75 Å².